The largest absolute Gasteiger partial charge is 0.279 e. The summed E-state index contributed by atoms with van der Waals surface area (Å²) < 4.78 is 28.8. The van der Waals surface area contributed by atoms with Crippen molar-refractivity contribution in [2.24, 2.45) is 0 Å². The Bertz CT molecular complexity index is 329. The Kier molecular flexibility index (Phi) is 3.93. The van der Waals surface area contributed by atoms with Gasteiger partial charge in [-0.25, -0.2) is 0 Å². The molecule has 0 aromatic heterocycles. The summed E-state index contributed by atoms with van der Waals surface area (Å²) in [4.78, 5) is 0. The van der Waals surface area contributed by atoms with Crippen LogP contribution in [0.25, 0.3) is 0 Å². The van der Waals surface area contributed by atoms with E-state index in [0.29, 0.717) is 18.4 Å². The zero-order valence-electron chi connectivity index (χ0n) is 9.41. The summed E-state index contributed by atoms with van der Waals surface area (Å²) in [6, 6.07) is 0. The number of halogens is 1. The van der Waals surface area contributed by atoms with Crippen LogP contribution >= 0.6 is 15.9 Å². The van der Waals surface area contributed by atoms with Crippen LogP contribution in [0.2, 0.25) is 0 Å². The average Bonchev–Trinajstić information content (AvgIpc) is 2.25. The predicted octanol–water partition coefficient (Wildman–Crippen LogP) is 1.62. The molecule has 2 aliphatic rings. The van der Waals surface area contributed by atoms with E-state index in [4.69, 9.17) is 0 Å². The van der Waals surface area contributed by atoms with Gasteiger partial charge in [-0.05, 0) is 32.1 Å². The summed E-state index contributed by atoms with van der Waals surface area (Å²) >= 11 is 3.41. The van der Waals surface area contributed by atoms with Crippen molar-refractivity contribution in [3.05, 3.63) is 0 Å². The van der Waals surface area contributed by atoms with Crippen LogP contribution in [0.1, 0.15) is 38.5 Å². The highest BCUT2D eigenvalue weighted by molar-refractivity contribution is 9.09. The molecule has 1 saturated heterocycles. The molecule has 1 aliphatic heterocycles. The summed E-state index contributed by atoms with van der Waals surface area (Å²) in [6.45, 7) is 1.35. The third kappa shape index (κ3) is 2.60. The molecule has 16 heavy (non-hydrogen) atoms. The first-order valence-corrected chi connectivity index (χ1v) is 8.49. The monoisotopic (exact) mass is 310 g/mol. The first-order valence-electron chi connectivity index (χ1n) is 5.93. The van der Waals surface area contributed by atoms with Gasteiger partial charge in [0.1, 0.15) is 0 Å². The number of nitrogens with zero attached hydrogens (tertiary/aromatic N) is 1. The van der Waals surface area contributed by atoms with Gasteiger partial charge in [-0.1, -0.05) is 22.4 Å². The lowest BCUT2D eigenvalue weighted by Crippen LogP contribution is -2.58. The quantitative estimate of drug-likeness (QED) is 0.802. The molecule has 0 radical (unpaired) electrons. The van der Waals surface area contributed by atoms with Gasteiger partial charge in [0.2, 0.25) is 0 Å². The Hall–Kier alpha value is 0.350. The standard InChI is InChI=1S/C10H19BrN2O2S/c11-9-10(5-4-6-10)12-16(14,15)13-7-2-1-3-8-13/h12H,1-9H2. The molecule has 94 valence electrons. The summed E-state index contributed by atoms with van der Waals surface area (Å²) in [5, 5.41) is 0.715. The van der Waals surface area contributed by atoms with Crippen LogP contribution in [0.5, 0.6) is 0 Å². The number of hydrogen-bond acceptors (Lipinski definition) is 2. The van der Waals surface area contributed by atoms with E-state index < -0.39 is 10.2 Å². The van der Waals surface area contributed by atoms with E-state index in [9.17, 15) is 8.42 Å². The molecule has 1 aliphatic carbocycles. The Morgan fingerprint density at radius 2 is 1.75 bits per heavy atom. The molecule has 0 atom stereocenters. The summed E-state index contributed by atoms with van der Waals surface area (Å²) in [5.41, 5.74) is -0.212. The lowest BCUT2D eigenvalue weighted by atomic mass is 9.80. The molecule has 2 rings (SSSR count). The van der Waals surface area contributed by atoms with Crippen molar-refractivity contribution in [2.75, 3.05) is 18.4 Å². The lowest BCUT2D eigenvalue weighted by molar-refractivity contribution is 0.243. The zero-order valence-corrected chi connectivity index (χ0v) is 11.8. The molecular weight excluding hydrogens is 292 g/mol. The molecule has 6 heteroatoms. The topological polar surface area (TPSA) is 49.4 Å². The van der Waals surface area contributed by atoms with Crippen molar-refractivity contribution in [1.82, 2.24) is 9.03 Å². The van der Waals surface area contributed by atoms with Crippen molar-refractivity contribution in [3.8, 4) is 0 Å². The first-order chi connectivity index (χ1) is 7.58. The highest BCUT2D eigenvalue weighted by Gasteiger charge is 2.41. The SMILES string of the molecule is O=S(=O)(NC1(CBr)CCC1)N1CCCCC1. The van der Waals surface area contributed by atoms with E-state index in [-0.39, 0.29) is 5.54 Å². The van der Waals surface area contributed by atoms with Crippen LogP contribution in [0.3, 0.4) is 0 Å². The summed E-state index contributed by atoms with van der Waals surface area (Å²) in [6.07, 6.45) is 6.14. The lowest BCUT2D eigenvalue weighted by Gasteiger charge is -2.42. The van der Waals surface area contributed by atoms with Gasteiger partial charge in [0.15, 0.2) is 0 Å². The van der Waals surface area contributed by atoms with E-state index in [0.717, 1.165) is 38.5 Å². The Labute approximate surface area is 106 Å². The van der Waals surface area contributed by atoms with Crippen molar-refractivity contribution in [3.63, 3.8) is 0 Å². The predicted molar refractivity (Wildman–Crippen MR) is 67.9 cm³/mol. The number of alkyl halides is 1. The minimum Gasteiger partial charge on any atom is -0.195 e. The van der Waals surface area contributed by atoms with Crippen LogP contribution in [0.4, 0.5) is 0 Å². The third-order valence-electron chi connectivity index (χ3n) is 3.57. The van der Waals surface area contributed by atoms with Gasteiger partial charge < -0.3 is 0 Å². The number of hydrogen-bond donors (Lipinski definition) is 1. The fourth-order valence-electron chi connectivity index (χ4n) is 2.31. The highest BCUT2D eigenvalue weighted by Crippen LogP contribution is 2.34. The molecule has 0 spiro atoms. The van der Waals surface area contributed by atoms with Gasteiger partial charge >= 0.3 is 0 Å². The maximum atomic E-state index is 12.1. The normalized spacial score (nSPS) is 26.3. The molecule has 4 nitrogen and oxygen atoms in total. The van der Waals surface area contributed by atoms with E-state index in [2.05, 4.69) is 20.7 Å². The van der Waals surface area contributed by atoms with Crippen molar-refractivity contribution < 1.29 is 8.42 Å². The minimum atomic E-state index is -3.26. The Morgan fingerprint density at radius 1 is 1.12 bits per heavy atom. The van der Waals surface area contributed by atoms with Crippen molar-refractivity contribution >= 4 is 26.1 Å². The smallest absolute Gasteiger partial charge is 0.195 e. The van der Waals surface area contributed by atoms with Crippen LogP contribution in [0, 0.1) is 0 Å². The maximum Gasteiger partial charge on any atom is 0.279 e. The fourth-order valence-corrected chi connectivity index (χ4v) is 4.89. The van der Waals surface area contributed by atoms with Crippen molar-refractivity contribution in [1.29, 1.82) is 0 Å². The van der Waals surface area contributed by atoms with Gasteiger partial charge in [-0.2, -0.15) is 17.4 Å². The van der Waals surface area contributed by atoms with Crippen LogP contribution < -0.4 is 4.72 Å². The minimum absolute atomic E-state index is 0.212. The number of nitrogens with one attached hydrogen (secondary N) is 1. The second-order valence-corrected chi connectivity index (χ2v) is 7.07. The van der Waals surface area contributed by atoms with E-state index in [1.807, 2.05) is 0 Å². The highest BCUT2D eigenvalue weighted by atomic mass is 79.9. The summed E-state index contributed by atoms with van der Waals surface area (Å²) in [5.74, 6) is 0. The molecular formula is C10H19BrN2O2S. The number of piperidine rings is 1. The van der Waals surface area contributed by atoms with Gasteiger partial charge in [0.05, 0.1) is 0 Å². The van der Waals surface area contributed by atoms with Crippen LogP contribution in [-0.4, -0.2) is 36.7 Å². The van der Waals surface area contributed by atoms with Gasteiger partial charge in [-0.15, -0.1) is 0 Å². The van der Waals surface area contributed by atoms with Gasteiger partial charge in [0, 0.05) is 24.0 Å². The fraction of sp³-hybridized carbons (Fsp3) is 1.00. The molecule has 2 fully saturated rings. The van der Waals surface area contributed by atoms with Gasteiger partial charge in [0.25, 0.3) is 10.2 Å². The molecule has 1 heterocycles. The molecule has 0 aromatic carbocycles. The Morgan fingerprint density at radius 3 is 2.19 bits per heavy atom. The Balaban J connectivity index is 2.01. The third-order valence-corrected chi connectivity index (χ3v) is 6.38. The summed E-state index contributed by atoms with van der Waals surface area (Å²) in [7, 11) is -3.26. The first kappa shape index (κ1) is 12.8. The maximum absolute atomic E-state index is 12.1. The number of rotatable bonds is 4. The van der Waals surface area contributed by atoms with Crippen LogP contribution in [0.15, 0.2) is 0 Å². The second-order valence-electron chi connectivity index (χ2n) is 4.83. The van der Waals surface area contributed by atoms with Crippen LogP contribution in [-0.2, 0) is 10.2 Å². The second kappa shape index (κ2) is 4.92. The van der Waals surface area contributed by atoms with Gasteiger partial charge in [-0.3, -0.25) is 0 Å². The molecule has 0 unspecified atom stereocenters. The zero-order chi connectivity index (χ0) is 11.6. The average molecular weight is 311 g/mol. The molecule has 0 bridgehead atoms. The molecule has 1 N–H and O–H groups in total. The molecule has 1 saturated carbocycles. The van der Waals surface area contributed by atoms with E-state index in [1.54, 1.807) is 4.31 Å². The molecule has 0 amide bonds. The molecule has 0 aromatic rings. The van der Waals surface area contributed by atoms with Crippen molar-refractivity contribution in [2.45, 2.75) is 44.1 Å². The van der Waals surface area contributed by atoms with E-state index >= 15 is 0 Å². The van der Waals surface area contributed by atoms with E-state index in [1.165, 1.54) is 0 Å².